The fraction of sp³-hybridized carbons (Fsp3) is 0.273. The predicted molar refractivity (Wildman–Crippen MR) is 108 cm³/mol. The van der Waals surface area contributed by atoms with Gasteiger partial charge in [-0.15, -0.1) is 0 Å². The molecule has 1 aliphatic heterocycles. The number of nitrogens with one attached hydrogen (secondary N) is 1. The summed E-state index contributed by atoms with van der Waals surface area (Å²) in [6.45, 7) is 4.10. The van der Waals surface area contributed by atoms with Gasteiger partial charge < -0.3 is 14.2 Å². The Morgan fingerprint density at radius 2 is 1.93 bits per heavy atom. The molecule has 0 unspecified atom stereocenters. The Labute approximate surface area is 167 Å². The molecule has 0 saturated carbocycles. The van der Waals surface area contributed by atoms with Gasteiger partial charge in [-0.1, -0.05) is 19.0 Å². The number of aromatic nitrogens is 4. The van der Waals surface area contributed by atoms with E-state index in [0.29, 0.717) is 35.0 Å². The Morgan fingerprint density at radius 3 is 2.76 bits per heavy atom. The van der Waals surface area contributed by atoms with Crippen molar-refractivity contribution in [3.8, 4) is 28.6 Å². The van der Waals surface area contributed by atoms with Gasteiger partial charge in [0.25, 0.3) is 5.89 Å². The van der Waals surface area contributed by atoms with Crippen molar-refractivity contribution in [1.29, 1.82) is 0 Å². The average Bonchev–Trinajstić information content (AvgIpc) is 3.42. The molecule has 2 aromatic heterocycles. The lowest BCUT2D eigenvalue weighted by molar-refractivity contribution is 0.0350. The van der Waals surface area contributed by atoms with Crippen LogP contribution in [-0.4, -0.2) is 31.5 Å². The summed E-state index contributed by atoms with van der Waals surface area (Å²) in [5.41, 5.74) is 3.45. The normalized spacial score (nSPS) is 15.3. The molecule has 0 aliphatic carbocycles. The summed E-state index contributed by atoms with van der Waals surface area (Å²) >= 11 is 0. The number of imidazole rings is 1. The summed E-state index contributed by atoms with van der Waals surface area (Å²) in [4.78, 5) is 24.6. The highest BCUT2D eigenvalue weighted by Gasteiger charge is 2.37. The van der Waals surface area contributed by atoms with E-state index in [0.717, 1.165) is 29.4 Å². The summed E-state index contributed by atoms with van der Waals surface area (Å²) in [5.74, 6) is 1.54. The van der Waals surface area contributed by atoms with E-state index in [1.54, 1.807) is 12.4 Å². The zero-order valence-electron chi connectivity index (χ0n) is 16.2. The van der Waals surface area contributed by atoms with E-state index in [1.807, 2.05) is 30.3 Å². The van der Waals surface area contributed by atoms with Crippen LogP contribution in [0.1, 0.15) is 43.5 Å². The zero-order chi connectivity index (χ0) is 20.0. The molecular formula is C22H20N4O3. The SMILES string of the molecule is CCC1(CC)CC(=O)c2cc(-c3nc(-c4ccc5[nH]cnc5c4)no3)ccc2O1. The molecule has 0 fully saturated rings. The minimum Gasteiger partial charge on any atom is -0.486 e. The van der Waals surface area contributed by atoms with Crippen LogP contribution < -0.4 is 4.74 Å². The van der Waals surface area contributed by atoms with Crippen LogP contribution in [-0.2, 0) is 0 Å². The molecule has 3 heterocycles. The Morgan fingerprint density at radius 1 is 1.10 bits per heavy atom. The van der Waals surface area contributed by atoms with Gasteiger partial charge in [-0.2, -0.15) is 4.98 Å². The molecule has 4 aromatic rings. The average molecular weight is 388 g/mol. The molecule has 7 heteroatoms. The Bertz CT molecular complexity index is 1220. The van der Waals surface area contributed by atoms with Gasteiger partial charge in [-0.3, -0.25) is 4.79 Å². The second kappa shape index (κ2) is 6.55. The minimum absolute atomic E-state index is 0.0838. The highest BCUT2D eigenvalue weighted by molar-refractivity contribution is 6.01. The molecule has 0 saturated heterocycles. The molecule has 146 valence electrons. The van der Waals surface area contributed by atoms with Crippen molar-refractivity contribution in [2.45, 2.75) is 38.7 Å². The van der Waals surface area contributed by atoms with Gasteiger partial charge in [0.1, 0.15) is 11.4 Å². The predicted octanol–water partition coefficient (Wildman–Crippen LogP) is 4.80. The van der Waals surface area contributed by atoms with Crippen LogP contribution in [0.15, 0.2) is 47.2 Å². The summed E-state index contributed by atoms with van der Waals surface area (Å²) in [6, 6.07) is 11.2. The van der Waals surface area contributed by atoms with Gasteiger partial charge in [-0.05, 0) is 49.2 Å². The monoisotopic (exact) mass is 388 g/mol. The molecule has 0 amide bonds. The molecular weight excluding hydrogens is 368 g/mol. The number of fused-ring (bicyclic) bond motifs is 2. The number of carbonyl (C=O) groups excluding carboxylic acids is 1. The second-order valence-corrected chi connectivity index (χ2v) is 7.36. The minimum atomic E-state index is -0.409. The van der Waals surface area contributed by atoms with Crippen molar-refractivity contribution in [3.63, 3.8) is 0 Å². The fourth-order valence-corrected chi connectivity index (χ4v) is 3.80. The van der Waals surface area contributed by atoms with E-state index in [4.69, 9.17) is 9.26 Å². The maximum absolute atomic E-state index is 12.8. The highest BCUT2D eigenvalue weighted by Crippen LogP contribution is 2.39. The molecule has 2 aromatic carbocycles. The van der Waals surface area contributed by atoms with Crippen LogP contribution in [0.3, 0.4) is 0 Å². The molecule has 0 bridgehead atoms. The van der Waals surface area contributed by atoms with Crippen molar-refractivity contribution in [1.82, 2.24) is 20.1 Å². The molecule has 0 radical (unpaired) electrons. The summed E-state index contributed by atoms with van der Waals surface area (Å²) in [5, 5.41) is 4.09. The highest BCUT2D eigenvalue weighted by atomic mass is 16.5. The number of benzene rings is 2. The Hall–Kier alpha value is -3.48. The summed E-state index contributed by atoms with van der Waals surface area (Å²) in [6.07, 6.45) is 3.62. The number of aromatic amines is 1. The van der Waals surface area contributed by atoms with E-state index in [-0.39, 0.29) is 5.78 Å². The third-order valence-electron chi connectivity index (χ3n) is 5.73. The van der Waals surface area contributed by atoms with Crippen molar-refractivity contribution >= 4 is 16.8 Å². The third kappa shape index (κ3) is 2.90. The van der Waals surface area contributed by atoms with Crippen LogP contribution in [0.5, 0.6) is 5.75 Å². The largest absolute Gasteiger partial charge is 0.486 e. The van der Waals surface area contributed by atoms with Crippen LogP contribution >= 0.6 is 0 Å². The lowest BCUT2D eigenvalue weighted by atomic mass is 9.85. The molecule has 29 heavy (non-hydrogen) atoms. The summed E-state index contributed by atoms with van der Waals surface area (Å²) < 4.78 is 11.7. The number of hydrogen-bond donors (Lipinski definition) is 1. The summed E-state index contributed by atoms with van der Waals surface area (Å²) in [7, 11) is 0. The molecule has 5 rings (SSSR count). The molecule has 1 N–H and O–H groups in total. The van der Waals surface area contributed by atoms with E-state index >= 15 is 0 Å². The maximum Gasteiger partial charge on any atom is 0.258 e. The zero-order valence-corrected chi connectivity index (χ0v) is 16.2. The number of rotatable bonds is 4. The number of carbonyl (C=O) groups is 1. The van der Waals surface area contributed by atoms with E-state index in [1.165, 1.54) is 0 Å². The Kier molecular flexibility index (Phi) is 3.97. The van der Waals surface area contributed by atoms with Gasteiger partial charge in [0.05, 0.1) is 29.3 Å². The smallest absolute Gasteiger partial charge is 0.258 e. The first-order valence-corrected chi connectivity index (χ1v) is 9.74. The van der Waals surface area contributed by atoms with Crippen LogP contribution in [0, 0.1) is 0 Å². The number of ether oxygens (including phenoxy) is 1. The standard InChI is InChI=1S/C22H20N4O3/c1-3-22(4-2)11-18(27)15-9-14(6-8-19(15)28-22)21-25-20(26-29-21)13-5-7-16-17(10-13)24-12-23-16/h5-10,12H,3-4,11H2,1-2H3,(H,23,24). The second-order valence-electron chi connectivity index (χ2n) is 7.36. The third-order valence-corrected chi connectivity index (χ3v) is 5.73. The number of Topliss-reactive ketones (excluding diaryl/α,β-unsaturated/α-hetero) is 1. The van der Waals surface area contributed by atoms with E-state index < -0.39 is 5.60 Å². The first-order valence-electron chi connectivity index (χ1n) is 9.74. The van der Waals surface area contributed by atoms with Gasteiger partial charge in [0.15, 0.2) is 5.78 Å². The lowest BCUT2D eigenvalue weighted by Crippen LogP contribution is -2.40. The maximum atomic E-state index is 12.8. The van der Waals surface area contributed by atoms with Crippen molar-refractivity contribution < 1.29 is 14.1 Å². The molecule has 0 spiro atoms. The quantitative estimate of drug-likeness (QED) is 0.539. The number of nitrogens with zero attached hydrogens (tertiary/aromatic N) is 3. The molecule has 1 aliphatic rings. The van der Waals surface area contributed by atoms with Crippen LogP contribution in [0.2, 0.25) is 0 Å². The topological polar surface area (TPSA) is 93.9 Å². The van der Waals surface area contributed by atoms with Crippen molar-refractivity contribution in [2.75, 3.05) is 0 Å². The first-order chi connectivity index (χ1) is 14.1. The van der Waals surface area contributed by atoms with Gasteiger partial charge >= 0.3 is 0 Å². The van der Waals surface area contributed by atoms with Gasteiger partial charge in [0, 0.05) is 11.1 Å². The number of H-pyrrole nitrogens is 1. The van der Waals surface area contributed by atoms with Gasteiger partial charge in [0.2, 0.25) is 5.82 Å². The van der Waals surface area contributed by atoms with Gasteiger partial charge in [-0.25, -0.2) is 4.98 Å². The molecule has 0 atom stereocenters. The van der Waals surface area contributed by atoms with E-state index in [2.05, 4.69) is 34.0 Å². The van der Waals surface area contributed by atoms with E-state index in [9.17, 15) is 4.79 Å². The van der Waals surface area contributed by atoms with Crippen LogP contribution in [0.4, 0.5) is 0 Å². The first kappa shape index (κ1) is 17.6. The lowest BCUT2D eigenvalue weighted by Gasteiger charge is -2.36. The van der Waals surface area contributed by atoms with Crippen molar-refractivity contribution in [3.05, 3.63) is 48.3 Å². The Balaban J connectivity index is 1.48. The number of hydrogen-bond acceptors (Lipinski definition) is 6. The molecule has 7 nitrogen and oxygen atoms in total. The number of ketones is 1. The van der Waals surface area contributed by atoms with Crippen molar-refractivity contribution in [2.24, 2.45) is 0 Å². The van der Waals surface area contributed by atoms with Crippen LogP contribution in [0.25, 0.3) is 33.9 Å². The fourth-order valence-electron chi connectivity index (χ4n) is 3.80.